The molecule has 1 aliphatic carbocycles. The smallest absolute Gasteiger partial charge is 0.159 e. The Kier molecular flexibility index (Phi) is 8.23. The van der Waals surface area contributed by atoms with Crippen LogP contribution in [0.5, 0.6) is 0 Å². The van der Waals surface area contributed by atoms with Crippen LogP contribution in [0.25, 0.3) is 11.4 Å². The largest absolute Gasteiger partial charge is 0.381 e. The first-order valence-corrected chi connectivity index (χ1v) is 10.9. The lowest BCUT2D eigenvalue weighted by Gasteiger charge is -2.27. The fourth-order valence-electron chi connectivity index (χ4n) is 4.11. The summed E-state index contributed by atoms with van der Waals surface area (Å²) in [5, 5.41) is 0. The second kappa shape index (κ2) is 11.1. The van der Waals surface area contributed by atoms with Crippen LogP contribution in [0.4, 0.5) is 0 Å². The van der Waals surface area contributed by atoms with E-state index in [1.165, 1.54) is 56.1 Å². The third kappa shape index (κ3) is 6.00. The van der Waals surface area contributed by atoms with Gasteiger partial charge in [0.05, 0.1) is 6.61 Å². The number of allylic oxidation sites excluding steroid dienone is 1. The lowest BCUT2D eigenvalue weighted by molar-refractivity contribution is 0.233. The van der Waals surface area contributed by atoms with Gasteiger partial charge in [-0.25, -0.2) is 9.97 Å². The maximum absolute atomic E-state index is 5.10. The second-order valence-corrected chi connectivity index (χ2v) is 7.99. The number of nitrogens with zero attached hydrogens (tertiary/aromatic N) is 2. The normalized spacial score (nSPS) is 19.9. The standard InChI is InChI=1S/C25H34N2O/c1-3-4-5-7-21-18-26-25(27-19-21)24-15-13-23(14-16-24)22-11-9-20(10-12-22)8-6-17-28-2/h6,8,13-16,18-20,22H,3-5,7,9-12,17H2,1-2H3. The highest BCUT2D eigenvalue weighted by Gasteiger charge is 2.20. The molecule has 28 heavy (non-hydrogen) atoms. The summed E-state index contributed by atoms with van der Waals surface area (Å²) in [6.45, 7) is 2.96. The Labute approximate surface area is 170 Å². The maximum Gasteiger partial charge on any atom is 0.159 e. The van der Waals surface area contributed by atoms with Gasteiger partial charge in [0.2, 0.25) is 0 Å². The minimum absolute atomic E-state index is 0.683. The molecule has 1 saturated carbocycles. The third-order valence-corrected chi connectivity index (χ3v) is 5.86. The van der Waals surface area contributed by atoms with Gasteiger partial charge in [-0.2, -0.15) is 0 Å². The number of methoxy groups -OCH3 is 1. The van der Waals surface area contributed by atoms with E-state index in [-0.39, 0.29) is 0 Å². The van der Waals surface area contributed by atoms with Crippen LogP contribution in [-0.2, 0) is 11.2 Å². The molecule has 3 rings (SSSR count). The molecule has 2 aromatic rings. The van der Waals surface area contributed by atoms with Crippen molar-refractivity contribution in [1.82, 2.24) is 9.97 Å². The van der Waals surface area contributed by atoms with Gasteiger partial charge in [0.15, 0.2) is 5.82 Å². The number of aryl methyl sites for hydroxylation is 1. The summed E-state index contributed by atoms with van der Waals surface area (Å²) in [5.74, 6) is 2.23. The Morgan fingerprint density at radius 3 is 2.36 bits per heavy atom. The first-order chi connectivity index (χ1) is 13.8. The van der Waals surface area contributed by atoms with Crippen molar-refractivity contribution >= 4 is 0 Å². The topological polar surface area (TPSA) is 35.0 Å². The van der Waals surface area contributed by atoms with Gasteiger partial charge < -0.3 is 4.74 Å². The molecule has 0 saturated heterocycles. The Bertz CT molecular complexity index is 713. The Morgan fingerprint density at radius 1 is 1.00 bits per heavy atom. The van der Waals surface area contributed by atoms with Crippen molar-refractivity contribution in [2.45, 2.75) is 64.2 Å². The molecule has 0 bridgehead atoms. The summed E-state index contributed by atoms with van der Waals surface area (Å²) in [4.78, 5) is 9.17. The van der Waals surface area contributed by atoms with Crippen molar-refractivity contribution in [1.29, 1.82) is 0 Å². The molecule has 0 N–H and O–H groups in total. The van der Waals surface area contributed by atoms with Crippen molar-refractivity contribution in [2.24, 2.45) is 5.92 Å². The van der Waals surface area contributed by atoms with Gasteiger partial charge in [-0.3, -0.25) is 0 Å². The quantitative estimate of drug-likeness (QED) is 0.376. The van der Waals surface area contributed by atoms with E-state index < -0.39 is 0 Å². The van der Waals surface area contributed by atoms with Crippen LogP contribution in [0, 0.1) is 5.92 Å². The third-order valence-electron chi connectivity index (χ3n) is 5.86. The minimum Gasteiger partial charge on any atom is -0.381 e. The van der Waals surface area contributed by atoms with Gasteiger partial charge in [-0.1, -0.05) is 56.2 Å². The first-order valence-electron chi connectivity index (χ1n) is 10.9. The number of ether oxygens (including phenoxy) is 1. The SMILES string of the molecule is CCCCCc1cnc(-c2ccc(C3CCC(C=CCOC)CC3)cc2)nc1. The van der Waals surface area contributed by atoms with Crippen LogP contribution in [0.2, 0.25) is 0 Å². The average molecular weight is 379 g/mol. The van der Waals surface area contributed by atoms with Gasteiger partial charge in [-0.15, -0.1) is 0 Å². The average Bonchev–Trinajstić information content (AvgIpc) is 2.75. The Hall–Kier alpha value is -2.00. The molecule has 0 spiro atoms. The van der Waals surface area contributed by atoms with Gasteiger partial charge in [0, 0.05) is 25.1 Å². The maximum atomic E-state index is 5.10. The van der Waals surface area contributed by atoms with Gasteiger partial charge in [0.1, 0.15) is 0 Å². The van der Waals surface area contributed by atoms with Crippen LogP contribution >= 0.6 is 0 Å². The molecule has 1 fully saturated rings. The summed E-state index contributed by atoms with van der Waals surface area (Å²) in [6, 6.07) is 8.93. The summed E-state index contributed by atoms with van der Waals surface area (Å²) >= 11 is 0. The Morgan fingerprint density at radius 2 is 1.71 bits per heavy atom. The summed E-state index contributed by atoms with van der Waals surface area (Å²) < 4.78 is 5.10. The van der Waals surface area contributed by atoms with E-state index in [2.05, 4.69) is 53.3 Å². The van der Waals surface area contributed by atoms with E-state index in [0.717, 1.165) is 30.3 Å². The van der Waals surface area contributed by atoms with Crippen LogP contribution in [0.3, 0.4) is 0 Å². The van der Waals surface area contributed by atoms with Crippen LogP contribution in [0.15, 0.2) is 48.8 Å². The van der Waals surface area contributed by atoms with Crippen molar-refractivity contribution in [2.75, 3.05) is 13.7 Å². The Balaban J connectivity index is 1.54. The molecule has 1 aromatic carbocycles. The fourth-order valence-corrected chi connectivity index (χ4v) is 4.11. The van der Waals surface area contributed by atoms with E-state index >= 15 is 0 Å². The zero-order chi connectivity index (χ0) is 19.6. The predicted molar refractivity (Wildman–Crippen MR) is 116 cm³/mol. The molecule has 0 aliphatic heterocycles. The molecule has 3 nitrogen and oxygen atoms in total. The molecule has 150 valence electrons. The molecule has 0 atom stereocenters. The number of aromatic nitrogens is 2. The van der Waals surface area contributed by atoms with Crippen molar-refractivity contribution in [3.05, 3.63) is 59.9 Å². The molecular formula is C25H34N2O. The molecular weight excluding hydrogens is 344 g/mol. The molecule has 0 amide bonds. The summed E-state index contributed by atoms with van der Waals surface area (Å²) in [5.41, 5.74) is 3.81. The van der Waals surface area contributed by atoms with E-state index in [1.807, 2.05) is 12.4 Å². The number of rotatable bonds is 9. The van der Waals surface area contributed by atoms with E-state index in [1.54, 1.807) is 7.11 Å². The van der Waals surface area contributed by atoms with Crippen molar-refractivity contribution in [3.8, 4) is 11.4 Å². The van der Waals surface area contributed by atoms with Crippen LogP contribution < -0.4 is 0 Å². The number of hydrogen-bond donors (Lipinski definition) is 0. The number of unbranched alkanes of at least 4 members (excludes halogenated alkanes) is 2. The van der Waals surface area contributed by atoms with Crippen LogP contribution in [0.1, 0.15) is 68.9 Å². The molecule has 1 aromatic heterocycles. The van der Waals surface area contributed by atoms with Crippen LogP contribution in [-0.4, -0.2) is 23.7 Å². The number of benzene rings is 1. The molecule has 1 heterocycles. The van der Waals surface area contributed by atoms with Gasteiger partial charge >= 0.3 is 0 Å². The van der Waals surface area contributed by atoms with Gasteiger partial charge in [-0.05, 0) is 61.5 Å². The lowest BCUT2D eigenvalue weighted by Crippen LogP contribution is -2.11. The van der Waals surface area contributed by atoms with E-state index in [9.17, 15) is 0 Å². The fraction of sp³-hybridized carbons (Fsp3) is 0.520. The molecule has 3 heteroatoms. The highest BCUT2D eigenvalue weighted by molar-refractivity contribution is 5.55. The highest BCUT2D eigenvalue weighted by Crippen LogP contribution is 2.36. The van der Waals surface area contributed by atoms with Crippen molar-refractivity contribution < 1.29 is 4.74 Å². The second-order valence-electron chi connectivity index (χ2n) is 7.99. The van der Waals surface area contributed by atoms with Crippen molar-refractivity contribution in [3.63, 3.8) is 0 Å². The van der Waals surface area contributed by atoms with Gasteiger partial charge in [0.25, 0.3) is 0 Å². The zero-order valence-corrected chi connectivity index (χ0v) is 17.4. The van der Waals surface area contributed by atoms with E-state index in [0.29, 0.717) is 5.92 Å². The summed E-state index contributed by atoms with van der Waals surface area (Å²) in [6.07, 6.45) is 18.4. The summed E-state index contributed by atoms with van der Waals surface area (Å²) in [7, 11) is 1.75. The molecule has 0 unspecified atom stereocenters. The monoisotopic (exact) mass is 378 g/mol. The number of hydrogen-bond acceptors (Lipinski definition) is 3. The highest BCUT2D eigenvalue weighted by atomic mass is 16.5. The van der Waals surface area contributed by atoms with E-state index in [4.69, 9.17) is 4.74 Å². The zero-order valence-electron chi connectivity index (χ0n) is 17.4. The minimum atomic E-state index is 0.683. The molecule has 1 aliphatic rings. The predicted octanol–water partition coefficient (Wildman–Crippen LogP) is 6.35. The first kappa shape index (κ1) is 20.7. The lowest BCUT2D eigenvalue weighted by atomic mass is 9.78. The molecule has 0 radical (unpaired) electrons.